The number of nitrogen functional groups attached to an aromatic ring is 1. The third-order valence-electron chi connectivity index (χ3n) is 3.76. The van der Waals surface area contributed by atoms with Gasteiger partial charge < -0.3 is 15.8 Å². The first-order valence-electron chi connectivity index (χ1n) is 8.94. The van der Waals surface area contributed by atoms with Crippen LogP contribution in [0.1, 0.15) is 75.6 Å². The van der Waals surface area contributed by atoms with Crippen molar-refractivity contribution < 1.29 is 14.3 Å². The fourth-order valence-electron chi connectivity index (χ4n) is 2.52. The van der Waals surface area contributed by atoms with Crippen molar-refractivity contribution in [3.8, 4) is 0 Å². The number of nitrogens with two attached hydrogens (primary N) is 1. The van der Waals surface area contributed by atoms with Crippen LogP contribution in [0.3, 0.4) is 0 Å². The molecule has 5 heteroatoms. The van der Waals surface area contributed by atoms with Crippen LogP contribution in [-0.4, -0.2) is 18.5 Å². The van der Waals surface area contributed by atoms with Crippen LogP contribution < -0.4 is 11.1 Å². The zero-order valence-electron chi connectivity index (χ0n) is 14.9. The Balaban J connectivity index is 2.39. The Hall–Kier alpha value is -2.04. The van der Waals surface area contributed by atoms with Crippen molar-refractivity contribution in [2.75, 3.05) is 17.7 Å². The van der Waals surface area contributed by atoms with Crippen molar-refractivity contribution >= 4 is 23.3 Å². The molecule has 0 radical (unpaired) electrons. The van der Waals surface area contributed by atoms with Gasteiger partial charge in [0.05, 0.1) is 12.2 Å². The summed E-state index contributed by atoms with van der Waals surface area (Å²) in [6.07, 6.45) is 8.67. The minimum atomic E-state index is -0.438. The van der Waals surface area contributed by atoms with E-state index in [-0.39, 0.29) is 5.91 Å². The quantitative estimate of drug-likeness (QED) is 0.354. The molecule has 0 saturated carbocycles. The number of rotatable bonds is 11. The van der Waals surface area contributed by atoms with Crippen LogP contribution in [0.2, 0.25) is 0 Å². The third-order valence-corrected chi connectivity index (χ3v) is 3.76. The number of carbonyl (C=O) groups excluding carboxylic acids is 2. The number of unbranched alkanes of at least 4 members (excludes halogenated alkanes) is 6. The largest absolute Gasteiger partial charge is 0.462 e. The van der Waals surface area contributed by atoms with Crippen LogP contribution in [0.4, 0.5) is 11.4 Å². The molecule has 0 fully saturated rings. The van der Waals surface area contributed by atoms with E-state index >= 15 is 0 Å². The van der Waals surface area contributed by atoms with Crippen LogP contribution in [0, 0.1) is 0 Å². The molecular weight excluding hydrogens is 304 g/mol. The number of benzene rings is 1. The van der Waals surface area contributed by atoms with E-state index in [4.69, 9.17) is 10.5 Å². The molecule has 0 spiro atoms. The molecule has 0 unspecified atom stereocenters. The lowest BCUT2D eigenvalue weighted by molar-refractivity contribution is -0.116. The van der Waals surface area contributed by atoms with Gasteiger partial charge in [0.15, 0.2) is 0 Å². The molecule has 0 saturated heterocycles. The predicted octanol–water partition coefficient (Wildman–Crippen LogP) is 4.52. The van der Waals surface area contributed by atoms with Crippen molar-refractivity contribution in [2.24, 2.45) is 0 Å². The van der Waals surface area contributed by atoms with Gasteiger partial charge in [-0.25, -0.2) is 4.79 Å². The zero-order valence-corrected chi connectivity index (χ0v) is 14.9. The lowest BCUT2D eigenvalue weighted by atomic mass is 10.1. The van der Waals surface area contributed by atoms with Gasteiger partial charge in [0.1, 0.15) is 0 Å². The van der Waals surface area contributed by atoms with Crippen molar-refractivity contribution in [1.82, 2.24) is 0 Å². The number of hydrogen-bond acceptors (Lipinski definition) is 4. The van der Waals surface area contributed by atoms with Gasteiger partial charge in [-0.05, 0) is 31.5 Å². The maximum atomic E-state index is 12.0. The Morgan fingerprint density at radius 3 is 2.33 bits per heavy atom. The van der Waals surface area contributed by atoms with Crippen LogP contribution in [0.25, 0.3) is 0 Å². The Kier molecular flexibility index (Phi) is 9.58. The summed E-state index contributed by atoms with van der Waals surface area (Å²) in [6.45, 7) is 4.25. The second kappa shape index (κ2) is 11.5. The number of hydrogen-bond donors (Lipinski definition) is 2. The van der Waals surface area contributed by atoms with Crippen molar-refractivity contribution in [3.63, 3.8) is 0 Å². The van der Waals surface area contributed by atoms with E-state index < -0.39 is 5.97 Å². The highest BCUT2D eigenvalue weighted by atomic mass is 16.5. The topological polar surface area (TPSA) is 81.4 Å². The molecule has 5 nitrogen and oxygen atoms in total. The minimum absolute atomic E-state index is 0.0519. The van der Waals surface area contributed by atoms with Gasteiger partial charge in [-0.2, -0.15) is 0 Å². The average Bonchev–Trinajstić information content (AvgIpc) is 2.53. The summed E-state index contributed by atoms with van der Waals surface area (Å²) < 4.78 is 4.96. The molecule has 1 aromatic carbocycles. The van der Waals surface area contributed by atoms with Gasteiger partial charge in [0.2, 0.25) is 5.91 Å². The van der Waals surface area contributed by atoms with Crippen LogP contribution >= 0.6 is 0 Å². The molecule has 0 aliphatic heterocycles. The number of ether oxygens (including phenoxy) is 1. The molecule has 0 atom stereocenters. The van der Waals surface area contributed by atoms with Crippen LogP contribution in [0.15, 0.2) is 18.2 Å². The summed E-state index contributed by atoms with van der Waals surface area (Å²) in [4.78, 5) is 23.8. The Bertz CT molecular complexity index is 529. The Morgan fingerprint density at radius 2 is 1.67 bits per heavy atom. The number of anilines is 2. The van der Waals surface area contributed by atoms with Gasteiger partial charge in [-0.1, -0.05) is 45.4 Å². The summed E-state index contributed by atoms with van der Waals surface area (Å²) >= 11 is 0. The molecular formula is C19H30N2O3. The zero-order chi connectivity index (χ0) is 17.8. The third kappa shape index (κ3) is 7.99. The maximum Gasteiger partial charge on any atom is 0.338 e. The highest BCUT2D eigenvalue weighted by Crippen LogP contribution is 2.18. The Morgan fingerprint density at radius 1 is 1.00 bits per heavy atom. The molecule has 3 N–H and O–H groups in total. The number of amides is 1. The van der Waals surface area contributed by atoms with Gasteiger partial charge in [-0.15, -0.1) is 0 Å². The first-order valence-corrected chi connectivity index (χ1v) is 8.94. The van der Waals surface area contributed by atoms with E-state index in [1.807, 2.05) is 0 Å². The highest BCUT2D eigenvalue weighted by Gasteiger charge is 2.10. The standard InChI is InChI=1S/C19H30N2O3/c1-3-5-6-7-8-9-10-11-18(22)21-17-13-15(12-16(20)14-17)19(23)24-4-2/h12-14H,3-11,20H2,1-2H3,(H,21,22). The molecule has 0 heterocycles. The lowest BCUT2D eigenvalue weighted by Gasteiger charge is -2.09. The van der Waals surface area contributed by atoms with E-state index in [1.54, 1.807) is 25.1 Å². The summed E-state index contributed by atoms with van der Waals surface area (Å²) in [6, 6.07) is 4.78. The first kappa shape index (κ1) is 20.0. The van der Waals surface area contributed by atoms with Gasteiger partial charge >= 0.3 is 5.97 Å². The number of carbonyl (C=O) groups is 2. The molecule has 0 bridgehead atoms. The van der Waals surface area contributed by atoms with Crippen molar-refractivity contribution in [2.45, 2.75) is 65.2 Å². The average molecular weight is 334 g/mol. The second-order valence-electron chi connectivity index (χ2n) is 5.98. The minimum Gasteiger partial charge on any atom is -0.462 e. The Labute approximate surface area is 145 Å². The molecule has 1 amide bonds. The summed E-state index contributed by atoms with van der Waals surface area (Å²) in [5, 5.41) is 2.80. The monoisotopic (exact) mass is 334 g/mol. The predicted molar refractivity (Wildman–Crippen MR) is 98.1 cm³/mol. The second-order valence-corrected chi connectivity index (χ2v) is 5.98. The SMILES string of the molecule is CCCCCCCCCC(=O)Nc1cc(N)cc(C(=O)OCC)c1. The fourth-order valence-corrected chi connectivity index (χ4v) is 2.52. The van der Waals surface area contributed by atoms with E-state index in [2.05, 4.69) is 12.2 Å². The summed E-state index contributed by atoms with van der Waals surface area (Å²) in [5.74, 6) is -0.489. The van der Waals surface area contributed by atoms with E-state index in [1.165, 1.54) is 32.1 Å². The van der Waals surface area contributed by atoms with Gasteiger partial charge in [0.25, 0.3) is 0 Å². The maximum absolute atomic E-state index is 12.0. The first-order chi connectivity index (χ1) is 11.6. The molecule has 1 rings (SSSR count). The molecule has 24 heavy (non-hydrogen) atoms. The van der Waals surface area contributed by atoms with Crippen molar-refractivity contribution in [3.05, 3.63) is 23.8 Å². The van der Waals surface area contributed by atoms with Crippen LogP contribution in [-0.2, 0) is 9.53 Å². The molecule has 0 aliphatic carbocycles. The molecule has 1 aromatic rings. The summed E-state index contributed by atoms with van der Waals surface area (Å²) in [7, 11) is 0. The molecule has 134 valence electrons. The molecule has 0 aromatic heterocycles. The van der Waals surface area contributed by atoms with Gasteiger partial charge in [-0.3, -0.25) is 4.79 Å². The van der Waals surface area contributed by atoms with Crippen molar-refractivity contribution in [1.29, 1.82) is 0 Å². The fraction of sp³-hybridized carbons (Fsp3) is 0.579. The number of esters is 1. The smallest absolute Gasteiger partial charge is 0.338 e. The van der Waals surface area contributed by atoms with E-state index in [0.717, 1.165) is 12.8 Å². The van der Waals surface area contributed by atoms with Gasteiger partial charge in [0, 0.05) is 17.8 Å². The number of nitrogens with one attached hydrogen (secondary N) is 1. The lowest BCUT2D eigenvalue weighted by Crippen LogP contribution is -2.13. The van der Waals surface area contributed by atoms with Crippen LogP contribution in [0.5, 0.6) is 0 Å². The summed E-state index contributed by atoms with van der Waals surface area (Å²) in [5.41, 5.74) is 7.10. The van der Waals surface area contributed by atoms with E-state index in [0.29, 0.717) is 30.0 Å². The highest BCUT2D eigenvalue weighted by molar-refractivity contribution is 5.95. The normalized spacial score (nSPS) is 10.4. The van der Waals surface area contributed by atoms with E-state index in [9.17, 15) is 9.59 Å². The molecule has 0 aliphatic rings.